The Balaban J connectivity index is 1.70. The molecular formula is C13H23N3S. The Labute approximate surface area is 108 Å². The molecule has 1 saturated heterocycles. The van der Waals surface area contributed by atoms with Gasteiger partial charge in [-0.1, -0.05) is 13.8 Å². The van der Waals surface area contributed by atoms with Gasteiger partial charge in [-0.2, -0.15) is 0 Å². The lowest BCUT2D eigenvalue weighted by atomic mass is 10.2. The van der Waals surface area contributed by atoms with Gasteiger partial charge in [0.05, 0.1) is 10.7 Å². The van der Waals surface area contributed by atoms with Crippen molar-refractivity contribution in [3.63, 3.8) is 0 Å². The molecule has 0 amide bonds. The first-order chi connectivity index (χ1) is 8.25. The lowest BCUT2D eigenvalue weighted by molar-refractivity contribution is 0.238. The van der Waals surface area contributed by atoms with Crippen LogP contribution in [0.5, 0.6) is 0 Å². The average Bonchev–Trinajstić information content (AvgIpc) is 2.79. The molecule has 0 atom stereocenters. The first-order valence-electron chi connectivity index (χ1n) is 6.63. The molecule has 1 aromatic rings. The van der Waals surface area contributed by atoms with Crippen molar-refractivity contribution in [2.45, 2.75) is 32.6 Å². The molecule has 1 aliphatic heterocycles. The Morgan fingerprint density at radius 3 is 2.82 bits per heavy atom. The Bertz CT molecular complexity index is 329. The second kappa shape index (κ2) is 6.47. The maximum Gasteiger partial charge on any atom is 0.0928 e. The second-order valence-corrected chi connectivity index (χ2v) is 5.96. The van der Waals surface area contributed by atoms with Crippen LogP contribution in [0.2, 0.25) is 0 Å². The van der Waals surface area contributed by atoms with Gasteiger partial charge in [-0.15, -0.1) is 11.3 Å². The first-order valence-corrected chi connectivity index (χ1v) is 7.51. The monoisotopic (exact) mass is 253 g/mol. The summed E-state index contributed by atoms with van der Waals surface area (Å²) in [6, 6.07) is 0. The van der Waals surface area contributed by atoms with Crippen molar-refractivity contribution < 1.29 is 0 Å². The van der Waals surface area contributed by atoms with Gasteiger partial charge in [0.25, 0.3) is 0 Å². The van der Waals surface area contributed by atoms with Crippen LogP contribution in [-0.4, -0.2) is 42.6 Å². The summed E-state index contributed by atoms with van der Waals surface area (Å²) in [5.74, 6) is 0.563. The number of piperazine rings is 1. The first kappa shape index (κ1) is 13.0. The van der Waals surface area contributed by atoms with Gasteiger partial charge in [0.1, 0.15) is 0 Å². The van der Waals surface area contributed by atoms with Crippen LogP contribution in [0.1, 0.15) is 36.9 Å². The molecule has 1 N–H and O–H groups in total. The van der Waals surface area contributed by atoms with E-state index in [-0.39, 0.29) is 0 Å². The van der Waals surface area contributed by atoms with E-state index in [0.29, 0.717) is 5.92 Å². The molecule has 0 aromatic carbocycles. The molecule has 2 heterocycles. The van der Waals surface area contributed by atoms with E-state index in [1.54, 1.807) is 0 Å². The van der Waals surface area contributed by atoms with Gasteiger partial charge in [-0.3, -0.25) is 0 Å². The van der Waals surface area contributed by atoms with E-state index in [2.05, 4.69) is 34.4 Å². The Morgan fingerprint density at radius 2 is 2.18 bits per heavy atom. The van der Waals surface area contributed by atoms with E-state index >= 15 is 0 Å². The van der Waals surface area contributed by atoms with Crippen molar-refractivity contribution in [3.05, 3.63) is 16.1 Å². The van der Waals surface area contributed by atoms with Crippen molar-refractivity contribution in [1.82, 2.24) is 15.2 Å². The fraction of sp³-hybridized carbons (Fsp3) is 0.769. The predicted molar refractivity (Wildman–Crippen MR) is 73.8 cm³/mol. The summed E-state index contributed by atoms with van der Waals surface area (Å²) in [6.45, 7) is 10.3. The van der Waals surface area contributed by atoms with E-state index in [1.807, 2.05) is 11.3 Å². The summed E-state index contributed by atoms with van der Waals surface area (Å²) < 4.78 is 0. The third-order valence-electron chi connectivity index (χ3n) is 3.24. The minimum absolute atomic E-state index is 0.563. The fourth-order valence-corrected chi connectivity index (χ4v) is 3.10. The van der Waals surface area contributed by atoms with Crippen LogP contribution in [0.4, 0.5) is 0 Å². The molecule has 2 rings (SSSR count). The third-order valence-corrected chi connectivity index (χ3v) is 4.16. The summed E-state index contributed by atoms with van der Waals surface area (Å²) in [5, 5.41) is 6.91. The van der Waals surface area contributed by atoms with E-state index in [4.69, 9.17) is 0 Å². The number of hydrogen-bond acceptors (Lipinski definition) is 4. The molecule has 3 nitrogen and oxygen atoms in total. The highest BCUT2D eigenvalue weighted by molar-refractivity contribution is 7.09. The van der Waals surface area contributed by atoms with Gasteiger partial charge >= 0.3 is 0 Å². The lowest BCUT2D eigenvalue weighted by Gasteiger charge is -2.26. The standard InChI is InChI=1S/C13H23N3S/c1-11(2)12-10-17-13(15-12)4-3-7-16-8-5-14-6-9-16/h10-11,14H,3-9H2,1-2H3. The van der Waals surface area contributed by atoms with Crippen LogP contribution in [0.3, 0.4) is 0 Å². The van der Waals surface area contributed by atoms with Crippen molar-refractivity contribution in [2.75, 3.05) is 32.7 Å². The molecule has 4 heteroatoms. The zero-order chi connectivity index (χ0) is 12.1. The molecule has 1 aromatic heterocycles. The smallest absolute Gasteiger partial charge is 0.0928 e. The zero-order valence-electron chi connectivity index (χ0n) is 10.9. The topological polar surface area (TPSA) is 28.2 Å². The Morgan fingerprint density at radius 1 is 1.41 bits per heavy atom. The zero-order valence-corrected chi connectivity index (χ0v) is 11.7. The highest BCUT2D eigenvalue weighted by atomic mass is 32.1. The maximum absolute atomic E-state index is 4.68. The van der Waals surface area contributed by atoms with Crippen molar-refractivity contribution in [3.8, 4) is 0 Å². The molecule has 0 aliphatic carbocycles. The molecule has 17 heavy (non-hydrogen) atoms. The third kappa shape index (κ3) is 4.05. The van der Waals surface area contributed by atoms with Crippen LogP contribution in [0, 0.1) is 0 Å². The van der Waals surface area contributed by atoms with Crippen LogP contribution < -0.4 is 5.32 Å². The van der Waals surface area contributed by atoms with E-state index in [0.717, 1.165) is 19.5 Å². The number of rotatable bonds is 5. The number of hydrogen-bond donors (Lipinski definition) is 1. The molecule has 1 aliphatic rings. The number of nitrogens with zero attached hydrogens (tertiary/aromatic N) is 2. The lowest BCUT2D eigenvalue weighted by Crippen LogP contribution is -2.43. The van der Waals surface area contributed by atoms with Gasteiger partial charge in [-0.25, -0.2) is 4.98 Å². The molecule has 0 unspecified atom stereocenters. The van der Waals surface area contributed by atoms with Crippen molar-refractivity contribution >= 4 is 11.3 Å². The number of thiazole rings is 1. The minimum atomic E-state index is 0.563. The Hall–Kier alpha value is -0.450. The highest BCUT2D eigenvalue weighted by Crippen LogP contribution is 2.18. The van der Waals surface area contributed by atoms with Gasteiger partial charge in [-0.05, 0) is 18.9 Å². The molecule has 0 saturated carbocycles. The average molecular weight is 253 g/mol. The molecule has 0 bridgehead atoms. The van der Waals surface area contributed by atoms with Crippen molar-refractivity contribution in [2.24, 2.45) is 0 Å². The maximum atomic E-state index is 4.68. The molecule has 96 valence electrons. The summed E-state index contributed by atoms with van der Waals surface area (Å²) in [4.78, 5) is 7.23. The fourth-order valence-electron chi connectivity index (χ4n) is 2.09. The number of nitrogens with one attached hydrogen (secondary N) is 1. The summed E-state index contributed by atoms with van der Waals surface area (Å²) in [7, 11) is 0. The molecule has 1 fully saturated rings. The molecule has 0 spiro atoms. The summed E-state index contributed by atoms with van der Waals surface area (Å²) in [5.41, 5.74) is 1.26. The Kier molecular flexibility index (Phi) is 4.95. The predicted octanol–water partition coefficient (Wildman–Crippen LogP) is 2.10. The van der Waals surface area contributed by atoms with Gasteiger partial charge in [0.2, 0.25) is 0 Å². The number of aryl methyl sites for hydroxylation is 1. The quantitative estimate of drug-likeness (QED) is 0.871. The SMILES string of the molecule is CC(C)c1csc(CCCN2CCNCC2)n1. The van der Waals surface area contributed by atoms with Gasteiger partial charge in [0, 0.05) is 38.0 Å². The van der Waals surface area contributed by atoms with Gasteiger partial charge < -0.3 is 10.2 Å². The van der Waals surface area contributed by atoms with Gasteiger partial charge in [0.15, 0.2) is 0 Å². The van der Waals surface area contributed by atoms with Crippen LogP contribution >= 0.6 is 11.3 Å². The minimum Gasteiger partial charge on any atom is -0.314 e. The van der Waals surface area contributed by atoms with Crippen LogP contribution in [0.15, 0.2) is 5.38 Å². The summed E-state index contributed by atoms with van der Waals surface area (Å²) in [6.07, 6.45) is 2.38. The van der Waals surface area contributed by atoms with Crippen LogP contribution in [-0.2, 0) is 6.42 Å². The normalized spacial score (nSPS) is 17.8. The van der Waals surface area contributed by atoms with E-state index in [1.165, 1.54) is 36.8 Å². The largest absolute Gasteiger partial charge is 0.314 e. The number of aromatic nitrogens is 1. The van der Waals surface area contributed by atoms with E-state index < -0.39 is 0 Å². The molecular weight excluding hydrogens is 230 g/mol. The second-order valence-electron chi connectivity index (χ2n) is 5.02. The highest BCUT2D eigenvalue weighted by Gasteiger charge is 2.10. The summed E-state index contributed by atoms with van der Waals surface area (Å²) >= 11 is 1.82. The van der Waals surface area contributed by atoms with Crippen molar-refractivity contribution in [1.29, 1.82) is 0 Å². The van der Waals surface area contributed by atoms with E-state index in [9.17, 15) is 0 Å². The molecule has 0 radical (unpaired) electrons. The van der Waals surface area contributed by atoms with Crippen LogP contribution in [0.25, 0.3) is 0 Å².